The first-order valence-electron chi connectivity index (χ1n) is 9.00. The Kier molecular flexibility index (Phi) is 5.81. The van der Waals surface area contributed by atoms with E-state index in [1.807, 2.05) is 48.5 Å². The third-order valence-electron chi connectivity index (χ3n) is 4.22. The third kappa shape index (κ3) is 4.18. The van der Waals surface area contributed by atoms with E-state index in [0.717, 1.165) is 12.1 Å². The summed E-state index contributed by atoms with van der Waals surface area (Å²) in [6, 6.07) is 16.9. The number of aliphatic hydroxyl groups is 1. The predicted molar refractivity (Wildman–Crippen MR) is 105 cm³/mol. The normalized spacial score (nSPS) is 12.6. The molecule has 0 aliphatic heterocycles. The standard InChI is InChI=1S/C21H25N3O2/c1-15(2)12-22-13-17(25)14-24-20(16-8-4-3-5-9-16)23-19-11-7-6-10-18(19)21(24)26/h3-11,15,17,22,25H,12-14H2,1-2H3. The number of nitrogens with zero attached hydrogens (tertiary/aromatic N) is 2. The number of hydrogen-bond donors (Lipinski definition) is 2. The van der Waals surface area contributed by atoms with E-state index >= 15 is 0 Å². The van der Waals surface area contributed by atoms with Crippen LogP contribution in [0.1, 0.15) is 13.8 Å². The van der Waals surface area contributed by atoms with Gasteiger partial charge in [-0.05, 0) is 24.6 Å². The van der Waals surface area contributed by atoms with Crippen molar-refractivity contribution in [2.24, 2.45) is 5.92 Å². The van der Waals surface area contributed by atoms with Crippen molar-refractivity contribution in [2.75, 3.05) is 13.1 Å². The molecule has 0 saturated carbocycles. The smallest absolute Gasteiger partial charge is 0.261 e. The van der Waals surface area contributed by atoms with Gasteiger partial charge in [-0.2, -0.15) is 0 Å². The van der Waals surface area contributed by atoms with Crippen molar-refractivity contribution in [1.82, 2.24) is 14.9 Å². The SMILES string of the molecule is CC(C)CNCC(O)Cn1c(-c2ccccc2)nc2ccccc2c1=O. The molecule has 0 amide bonds. The van der Waals surface area contributed by atoms with E-state index < -0.39 is 6.10 Å². The molecule has 1 atom stereocenters. The summed E-state index contributed by atoms with van der Waals surface area (Å²) in [5.74, 6) is 1.09. The van der Waals surface area contributed by atoms with Crippen molar-refractivity contribution in [3.05, 3.63) is 65.0 Å². The maximum Gasteiger partial charge on any atom is 0.261 e. The zero-order valence-corrected chi connectivity index (χ0v) is 15.2. The number of para-hydroxylation sites is 1. The van der Waals surface area contributed by atoms with Crippen LogP contribution >= 0.6 is 0 Å². The van der Waals surface area contributed by atoms with E-state index in [1.165, 1.54) is 0 Å². The highest BCUT2D eigenvalue weighted by Crippen LogP contribution is 2.18. The van der Waals surface area contributed by atoms with Gasteiger partial charge in [-0.15, -0.1) is 0 Å². The van der Waals surface area contributed by atoms with Crippen molar-refractivity contribution in [3.8, 4) is 11.4 Å². The zero-order chi connectivity index (χ0) is 18.5. The van der Waals surface area contributed by atoms with Crippen LogP contribution in [-0.4, -0.2) is 33.9 Å². The molecule has 2 aromatic carbocycles. The molecule has 0 saturated heterocycles. The Bertz CT molecular complexity index is 919. The van der Waals surface area contributed by atoms with Crippen LogP contribution in [0.3, 0.4) is 0 Å². The molecule has 1 heterocycles. The maximum atomic E-state index is 13.0. The summed E-state index contributed by atoms with van der Waals surface area (Å²) in [6.07, 6.45) is -0.670. The van der Waals surface area contributed by atoms with Gasteiger partial charge in [0.2, 0.25) is 0 Å². The Labute approximate surface area is 153 Å². The lowest BCUT2D eigenvalue weighted by Crippen LogP contribution is -2.36. The summed E-state index contributed by atoms with van der Waals surface area (Å²) in [5, 5.41) is 14.2. The molecule has 136 valence electrons. The average molecular weight is 351 g/mol. The number of rotatable bonds is 7. The van der Waals surface area contributed by atoms with Crippen LogP contribution in [0.15, 0.2) is 59.4 Å². The molecule has 3 rings (SSSR count). The monoisotopic (exact) mass is 351 g/mol. The summed E-state index contributed by atoms with van der Waals surface area (Å²) in [5.41, 5.74) is 1.40. The molecule has 1 aromatic heterocycles. The Hall–Kier alpha value is -2.50. The predicted octanol–water partition coefficient (Wildman–Crippen LogP) is 2.67. The molecular weight excluding hydrogens is 326 g/mol. The van der Waals surface area contributed by atoms with Crippen LogP contribution in [0.2, 0.25) is 0 Å². The number of hydrogen-bond acceptors (Lipinski definition) is 4. The molecule has 26 heavy (non-hydrogen) atoms. The number of benzene rings is 2. The van der Waals surface area contributed by atoms with Crippen molar-refractivity contribution in [2.45, 2.75) is 26.5 Å². The number of aromatic nitrogens is 2. The first-order valence-corrected chi connectivity index (χ1v) is 9.00. The van der Waals surface area contributed by atoms with Crippen LogP contribution in [0.5, 0.6) is 0 Å². The van der Waals surface area contributed by atoms with Gasteiger partial charge in [0.1, 0.15) is 5.82 Å². The van der Waals surface area contributed by atoms with E-state index in [0.29, 0.717) is 29.2 Å². The summed E-state index contributed by atoms with van der Waals surface area (Å²) in [7, 11) is 0. The van der Waals surface area contributed by atoms with Gasteiger partial charge < -0.3 is 10.4 Å². The van der Waals surface area contributed by atoms with Crippen LogP contribution in [-0.2, 0) is 6.54 Å². The van der Waals surface area contributed by atoms with Gasteiger partial charge in [-0.1, -0.05) is 56.3 Å². The molecule has 0 fully saturated rings. The molecule has 2 N–H and O–H groups in total. The van der Waals surface area contributed by atoms with Gasteiger partial charge in [0.25, 0.3) is 5.56 Å². The van der Waals surface area contributed by atoms with E-state index in [-0.39, 0.29) is 12.1 Å². The largest absolute Gasteiger partial charge is 0.390 e. The minimum atomic E-state index is -0.670. The first kappa shape index (κ1) is 18.3. The molecule has 0 spiro atoms. The van der Waals surface area contributed by atoms with Crippen molar-refractivity contribution < 1.29 is 5.11 Å². The minimum absolute atomic E-state index is 0.127. The summed E-state index contributed by atoms with van der Waals surface area (Å²) >= 11 is 0. The fourth-order valence-electron chi connectivity index (χ4n) is 2.96. The van der Waals surface area contributed by atoms with Gasteiger partial charge in [-0.25, -0.2) is 4.98 Å². The average Bonchev–Trinajstić information content (AvgIpc) is 2.64. The van der Waals surface area contributed by atoms with E-state index in [1.54, 1.807) is 10.6 Å². The molecule has 0 aliphatic rings. The Morgan fingerprint density at radius 1 is 1.04 bits per heavy atom. The van der Waals surface area contributed by atoms with Crippen molar-refractivity contribution in [1.29, 1.82) is 0 Å². The lowest BCUT2D eigenvalue weighted by molar-refractivity contribution is 0.149. The molecule has 1 unspecified atom stereocenters. The van der Waals surface area contributed by atoms with Crippen LogP contribution < -0.4 is 10.9 Å². The lowest BCUT2D eigenvalue weighted by atomic mass is 10.1. The summed E-state index contributed by atoms with van der Waals surface area (Å²) < 4.78 is 1.58. The topological polar surface area (TPSA) is 67.2 Å². The second-order valence-electron chi connectivity index (χ2n) is 6.94. The van der Waals surface area contributed by atoms with E-state index in [4.69, 9.17) is 4.98 Å². The van der Waals surface area contributed by atoms with Gasteiger partial charge in [0.05, 0.1) is 23.6 Å². The van der Waals surface area contributed by atoms with Crippen LogP contribution in [0.4, 0.5) is 0 Å². The summed E-state index contributed by atoms with van der Waals surface area (Å²) in [6.45, 7) is 5.69. The third-order valence-corrected chi connectivity index (χ3v) is 4.22. The quantitative estimate of drug-likeness (QED) is 0.687. The zero-order valence-electron chi connectivity index (χ0n) is 15.2. The highest BCUT2D eigenvalue weighted by Gasteiger charge is 2.15. The second kappa shape index (κ2) is 8.25. The summed E-state index contributed by atoms with van der Waals surface area (Å²) in [4.78, 5) is 17.7. The minimum Gasteiger partial charge on any atom is -0.390 e. The Morgan fingerprint density at radius 3 is 2.46 bits per heavy atom. The maximum absolute atomic E-state index is 13.0. The number of fused-ring (bicyclic) bond motifs is 1. The van der Waals surface area contributed by atoms with Crippen molar-refractivity contribution in [3.63, 3.8) is 0 Å². The van der Waals surface area contributed by atoms with Gasteiger partial charge >= 0.3 is 0 Å². The highest BCUT2D eigenvalue weighted by atomic mass is 16.3. The van der Waals surface area contributed by atoms with Gasteiger partial charge in [-0.3, -0.25) is 9.36 Å². The molecular formula is C21H25N3O2. The lowest BCUT2D eigenvalue weighted by Gasteiger charge is -2.18. The second-order valence-corrected chi connectivity index (χ2v) is 6.94. The van der Waals surface area contributed by atoms with E-state index in [9.17, 15) is 9.90 Å². The molecule has 5 nitrogen and oxygen atoms in total. The number of nitrogens with one attached hydrogen (secondary N) is 1. The van der Waals surface area contributed by atoms with Gasteiger partial charge in [0, 0.05) is 12.1 Å². The Balaban J connectivity index is 1.99. The Morgan fingerprint density at radius 2 is 1.73 bits per heavy atom. The molecule has 0 bridgehead atoms. The molecule has 0 aliphatic carbocycles. The molecule has 0 radical (unpaired) electrons. The van der Waals surface area contributed by atoms with Crippen molar-refractivity contribution >= 4 is 10.9 Å². The first-order chi connectivity index (χ1) is 12.6. The van der Waals surface area contributed by atoms with Crippen LogP contribution in [0, 0.1) is 5.92 Å². The van der Waals surface area contributed by atoms with Gasteiger partial charge in [0.15, 0.2) is 0 Å². The fourth-order valence-corrected chi connectivity index (χ4v) is 2.96. The molecule has 5 heteroatoms. The number of aliphatic hydroxyl groups excluding tert-OH is 1. The van der Waals surface area contributed by atoms with E-state index in [2.05, 4.69) is 19.2 Å². The van der Waals surface area contributed by atoms with Crippen LogP contribution in [0.25, 0.3) is 22.3 Å². The highest BCUT2D eigenvalue weighted by molar-refractivity contribution is 5.79. The molecule has 3 aromatic rings. The fraction of sp³-hybridized carbons (Fsp3) is 0.333.